The van der Waals surface area contributed by atoms with Crippen LogP contribution in [0.1, 0.15) is 38.8 Å². The van der Waals surface area contributed by atoms with Crippen LogP contribution in [0.2, 0.25) is 0 Å². The molecule has 2 heterocycles. The number of fused-ring (bicyclic) bond motifs is 1. The molecule has 9 heteroatoms. The van der Waals surface area contributed by atoms with Crippen molar-refractivity contribution in [2.45, 2.75) is 52.0 Å². The summed E-state index contributed by atoms with van der Waals surface area (Å²) in [6, 6.07) is 13.1. The fourth-order valence-electron chi connectivity index (χ4n) is 3.76. The van der Waals surface area contributed by atoms with Gasteiger partial charge in [-0.3, -0.25) is 0 Å². The van der Waals surface area contributed by atoms with Crippen molar-refractivity contribution in [3.8, 4) is 5.75 Å². The first kappa shape index (κ1) is 23.8. The molecule has 4 rings (SSSR count). The van der Waals surface area contributed by atoms with Gasteiger partial charge in [-0.2, -0.15) is 4.31 Å². The van der Waals surface area contributed by atoms with Crippen molar-refractivity contribution >= 4 is 33.6 Å². The summed E-state index contributed by atoms with van der Waals surface area (Å²) in [5, 5.41) is 0.860. The van der Waals surface area contributed by atoms with Crippen molar-refractivity contribution in [3.63, 3.8) is 0 Å². The minimum absolute atomic E-state index is 0.202. The summed E-state index contributed by atoms with van der Waals surface area (Å²) in [5.74, 6) is 0.725. The van der Waals surface area contributed by atoms with E-state index in [9.17, 15) is 8.42 Å². The predicted octanol–water partition coefficient (Wildman–Crippen LogP) is 3.70. The zero-order valence-corrected chi connectivity index (χ0v) is 20.7. The van der Waals surface area contributed by atoms with Crippen LogP contribution in [0.4, 0.5) is 0 Å². The second-order valence-electron chi connectivity index (χ2n) is 9.48. The molecule has 2 aromatic carbocycles. The van der Waals surface area contributed by atoms with Crippen molar-refractivity contribution in [1.29, 1.82) is 0 Å². The SMILES string of the molecule is COc1ccc(CN(Cc2coc3cc(B4OC(C)(C)C(C)(C)O4)ccc23)S(C)(=O)=O)cc1. The van der Waals surface area contributed by atoms with Gasteiger partial charge in [0.05, 0.1) is 30.8 Å². The molecule has 1 aromatic heterocycles. The molecule has 1 fully saturated rings. The summed E-state index contributed by atoms with van der Waals surface area (Å²) in [5.41, 5.74) is 2.33. The van der Waals surface area contributed by atoms with Gasteiger partial charge in [0, 0.05) is 24.0 Å². The number of hydrogen-bond donors (Lipinski definition) is 0. The highest BCUT2D eigenvalue weighted by Gasteiger charge is 2.51. The normalized spacial score (nSPS) is 17.7. The Morgan fingerprint density at radius 3 is 2.18 bits per heavy atom. The molecule has 1 saturated heterocycles. The highest BCUT2D eigenvalue weighted by Crippen LogP contribution is 2.36. The molecule has 0 saturated carbocycles. The van der Waals surface area contributed by atoms with E-state index in [0.29, 0.717) is 5.58 Å². The van der Waals surface area contributed by atoms with E-state index in [-0.39, 0.29) is 13.1 Å². The number of methoxy groups -OCH3 is 1. The van der Waals surface area contributed by atoms with Crippen LogP contribution in [0, 0.1) is 0 Å². The van der Waals surface area contributed by atoms with Crippen LogP contribution in [0.3, 0.4) is 0 Å². The molecule has 7 nitrogen and oxygen atoms in total. The molecule has 0 radical (unpaired) electrons. The van der Waals surface area contributed by atoms with E-state index >= 15 is 0 Å². The lowest BCUT2D eigenvalue weighted by atomic mass is 9.79. The summed E-state index contributed by atoms with van der Waals surface area (Å²) >= 11 is 0. The first-order valence-corrected chi connectivity index (χ1v) is 12.7. The van der Waals surface area contributed by atoms with Crippen LogP contribution in [0.15, 0.2) is 53.1 Å². The molecule has 0 unspecified atom stereocenters. The maximum absolute atomic E-state index is 12.5. The Labute approximate surface area is 195 Å². The van der Waals surface area contributed by atoms with Gasteiger partial charge in [-0.1, -0.05) is 24.3 Å². The van der Waals surface area contributed by atoms with Crippen LogP contribution in [-0.4, -0.2) is 44.4 Å². The predicted molar refractivity (Wildman–Crippen MR) is 129 cm³/mol. The summed E-state index contributed by atoms with van der Waals surface area (Å²) in [7, 11) is -2.34. The lowest BCUT2D eigenvalue weighted by molar-refractivity contribution is 0.00578. The summed E-state index contributed by atoms with van der Waals surface area (Å²) in [6.45, 7) is 8.51. The van der Waals surface area contributed by atoms with Gasteiger partial charge in [0.15, 0.2) is 0 Å². The van der Waals surface area contributed by atoms with Gasteiger partial charge in [-0.05, 0) is 56.9 Å². The smallest absolute Gasteiger partial charge is 0.494 e. The number of nitrogens with zero attached hydrogens (tertiary/aromatic N) is 1. The van der Waals surface area contributed by atoms with E-state index < -0.39 is 28.3 Å². The number of rotatable bonds is 7. The fourth-order valence-corrected chi connectivity index (χ4v) is 4.52. The van der Waals surface area contributed by atoms with E-state index in [4.69, 9.17) is 18.5 Å². The van der Waals surface area contributed by atoms with E-state index in [1.54, 1.807) is 13.4 Å². The number of ether oxygens (including phenoxy) is 1. The molecular weight excluding hydrogens is 441 g/mol. The van der Waals surface area contributed by atoms with Crippen LogP contribution in [-0.2, 0) is 32.4 Å². The third-order valence-electron chi connectivity index (χ3n) is 6.54. The molecule has 33 heavy (non-hydrogen) atoms. The zero-order valence-electron chi connectivity index (χ0n) is 19.9. The van der Waals surface area contributed by atoms with Crippen molar-refractivity contribution in [3.05, 3.63) is 59.9 Å². The average Bonchev–Trinajstić information content (AvgIpc) is 3.23. The minimum Gasteiger partial charge on any atom is -0.497 e. The largest absolute Gasteiger partial charge is 0.497 e. The Hall–Kier alpha value is -2.33. The zero-order chi connectivity index (χ0) is 24.0. The second-order valence-corrected chi connectivity index (χ2v) is 11.5. The molecule has 1 aliphatic rings. The number of sulfonamides is 1. The highest BCUT2D eigenvalue weighted by atomic mass is 32.2. The van der Waals surface area contributed by atoms with Gasteiger partial charge in [0.25, 0.3) is 0 Å². The highest BCUT2D eigenvalue weighted by molar-refractivity contribution is 7.88. The van der Waals surface area contributed by atoms with Crippen molar-refractivity contribution in [2.24, 2.45) is 0 Å². The number of hydrogen-bond acceptors (Lipinski definition) is 6. The second kappa shape index (κ2) is 8.47. The van der Waals surface area contributed by atoms with E-state index in [1.807, 2.05) is 70.2 Å². The van der Waals surface area contributed by atoms with E-state index in [1.165, 1.54) is 10.6 Å². The first-order valence-electron chi connectivity index (χ1n) is 10.8. The van der Waals surface area contributed by atoms with Gasteiger partial charge in [0.2, 0.25) is 10.0 Å². The van der Waals surface area contributed by atoms with E-state index in [0.717, 1.165) is 27.7 Å². The molecule has 3 aromatic rings. The van der Waals surface area contributed by atoms with Crippen LogP contribution >= 0.6 is 0 Å². The average molecular weight is 471 g/mol. The Morgan fingerprint density at radius 1 is 0.970 bits per heavy atom. The number of benzene rings is 2. The summed E-state index contributed by atoms with van der Waals surface area (Å²) in [4.78, 5) is 0. The molecule has 0 amide bonds. The maximum Gasteiger partial charge on any atom is 0.494 e. The van der Waals surface area contributed by atoms with Crippen molar-refractivity contribution in [1.82, 2.24) is 4.31 Å². The minimum atomic E-state index is -3.45. The molecule has 0 atom stereocenters. The lowest BCUT2D eigenvalue weighted by Gasteiger charge is -2.32. The topological polar surface area (TPSA) is 78.2 Å². The van der Waals surface area contributed by atoms with Crippen molar-refractivity contribution in [2.75, 3.05) is 13.4 Å². The number of furan rings is 1. The molecule has 176 valence electrons. The third kappa shape index (κ3) is 4.82. The summed E-state index contributed by atoms with van der Waals surface area (Å²) < 4.78 is 49.7. The monoisotopic (exact) mass is 471 g/mol. The van der Waals surface area contributed by atoms with Gasteiger partial charge >= 0.3 is 7.12 Å². The van der Waals surface area contributed by atoms with Crippen LogP contribution in [0.5, 0.6) is 5.75 Å². The molecular formula is C24H30BNO6S. The third-order valence-corrected chi connectivity index (χ3v) is 7.74. The van der Waals surface area contributed by atoms with Gasteiger partial charge in [0.1, 0.15) is 11.3 Å². The summed E-state index contributed by atoms with van der Waals surface area (Å²) in [6.07, 6.45) is 2.83. The fraction of sp³-hybridized carbons (Fsp3) is 0.417. The Kier molecular flexibility index (Phi) is 6.11. The molecule has 1 aliphatic heterocycles. The van der Waals surface area contributed by atoms with Gasteiger partial charge < -0.3 is 18.5 Å². The Morgan fingerprint density at radius 2 is 1.61 bits per heavy atom. The van der Waals surface area contributed by atoms with Gasteiger partial charge in [-0.15, -0.1) is 0 Å². The van der Waals surface area contributed by atoms with Crippen LogP contribution < -0.4 is 10.2 Å². The molecule has 0 aliphatic carbocycles. The van der Waals surface area contributed by atoms with Crippen molar-refractivity contribution < 1.29 is 26.9 Å². The molecule has 0 bridgehead atoms. The standard InChI is InChI=1S/C24H30BNO6S/c1-23(2)24(3,4)32-25(31-23)19-9-12-21-18(16-30-22(21)13-19)15-26(33(6,27)28)14-17-7-10-20(29-5)11-8-17/h7-13,16H,14-15H2,1-6H3. The van der Waals surface area contributed by atoms with Gasteiger partial charge in [-0.25, -0.2) is 8.42 Å². The lowest BCUT2D eigenvalue weighted by Crippen LogP contribution is -2.41. The quantitative estimate of drug-likeness (QED) is 0.489. The Balaban J connectivity index is 1.57. The molecule has 0 spiro atoms. The van der Waals surface area contributed by atoms with Crippen LogP contribution in [0.25, 0.3) is 11.0 Å². The first-order chi connectivity index (χ1) is 15.4. The maximum atomic E-state index is 12.5. The molecule has 0 N–H and O–H groups in total. The van der Waals surface area contributed by atoms with E-state index in [2.05, 4.69) is 0 Å². The Bertz CT molecular complexity index is 1230.